The van der Waals surface area contributed by atoms with E-state index in [-0.39, 0.29) is 5.78 Å². The number of Topliss-reactive ketones (excluding diaryl/α,β-unsaturated/α-hetero) is 1. The van der Waals surface area contributed by atoms with E-state index in [1.807, 2.05) is 18.2 Å². The largest absolute Gasteiger partial charge is 0.496 e. The van der Waals surface area contributed by atoms with E-state index in [1.54, 1.807) is 14.0 Å². The van der Waals surface area contributed by atoms with E-state index in [2.05, 4.69) is 5.32 Å². The van der Waals surface area contributed by atoms with Gasteiger partial charge in [0, 0.05) is 18.0 Å². The van der Waals surface area contributed by atoms with Crippen molar-refractivity contribution in [3.05, 3.63) is 28.8 Å². The molecule has 0 heterocycles. The molecular weight excluding hydrogens is 238 g/mol. The Balaban J connectivity index is 2.40. The second-order valence-corrected chi connectivity index (χ2v) is 4.34. The summed E-state index contributed by atoms with van der Waals surface area (Å²) in [5.41, 5.74) is 1.08. The molecule has 0 aliphatic carbocycles. The normalized spacial score (nSPS) is 10.3. The fraction of sp³-hybridized carbons (Fsp3) is 0.462. The van der Waals surface area contributed by atoms with Crippen molar-refractivity contribution in [2.75, 3.05) is 20.2 Å². The number of hydrogen-bond donors (Lipinski definition) is 1. The molecule has 1 rings (SSSR count). The number of nitrogens with one attached hydrogen (secondary N) is 1. The summed E-state index contributed by atoms with van der Waals surface area (Å²) in [7, 11) is 1.65. The van der Waals surface area contributed by atoms with Crippen LogP contribution in [0.3, 0.4) is 0 Å². The van der Waals surface area contributed by atoms with Crippen molar-refractivity contribution < 1.29 is 9.53 Å². The maximum Gasteiger partial charge on any atom is 0.131 e. The second kappa shape index (κ2) is 7.30. The van der Waals surface area contributed by atoms with Gasteiger partial charge in [0.05, 0.1) is 7.11 Å². The maximum atomic E-state index is 10.7. The minimum atomic E-state index is 0.206. The summed E-state index contributed by atoms with van der Waals surface area (Å²) < 4.78 is 5.26. The van der Waals surface area contributed by atoms with Crippen LogP contribution in [0.4, 0.5) is 0 Å². The highest BCUT2D eigenvalue weighted by atomic mass is 35.5. The molecule has 0 aliphatic rings. The highest BCUT2D eigenvalue weighted by Crippen LogP contribution is 2.22. The molecular formula is C13H18ClNO2. The molecule has 0 radical (unpaired) electrons. The Labute approximate surface area is 107 Å². The summed E-state index contributed by atoms with van der Waals surface area (Å²) >= 11 is 5.93. The van der Waals surface area contributed by atoms with E-state index >= 15 is 0 Å². The van der Waals surface area contributed by atoms with Crippen molar-refractivity contribution in [3.8, 4) is 5.75 Å². The van der Waals surface area contributed by atoms with Crippen LogP contribution in [0.25, 0.3) is 0 Å². The lowest BCUT2D eigenvalue weighted by molar-refractivity contribution is -0.116. The quantitative estimate of drug-likeness (QED) is 0.761. The number of rotatable bonds is 7. The zero-order chi connectivity index (χ0) is 12.7. The van der Waals surface area contributed by atoms with Gasteiger partial charge < -0.3 is 10.1 Å². The molecule has 0 aliphatic heterocycles. The Kier molecular flexibility index (Phi) is 6.01. The van der Waals surface area contributed by atoms with Crippen LogP contribution in [0.1, 0.15) is 18.9 Å². The van der Waals surface area contributed by atoms with Gasteiger partial charge in [-0.2, -0.15) is 0 Å². The van der Waals surface area contributed by atoms with Gasteiger partial charge in [-0.25, -0.2) is 0 Å². The molecule has 1 aromatic rings. The molecule has 17 heavy (non-hydrogen) atoms. The molecule has 94 valence electrons. The van der Waals surface area contributed by atoms with Crippen molar-refractivity contribution in [2.24, 2.45) is 0 Å². The summed E-state index contributed by atoms with van der Waals surface area (Å²) in [5, 5.41) is 3.93. The van der Waals surface area contributed by atoms with Gasteiger partial charge in [0.1, 0.15) is 11.5 Å². The number of ketones is 1. The highest BCUT2D eigenvalue weighted by Gasteiger charge is 2.03. The fourth-order valence-corrected chi connectivity index (χ4v) is 1.75. The van der Waals surface area contributed by atoms with Crippen molar-refractivity contribution >= 4 is 17.4 Å². The number of ether oxygens (including phenoxy) is 1. The molecule has 0 bridgehead atoms. The van der Waals surface area contributed by atoms with Crippen LogP contribution in [0.2, 0.25) is 5.02 Å². The third kappa shape index (κ3) is 5.20. The van der Waals surface area contributed by atoms with Crippen molar-refractivity contribution in [3.63, 3.8) is 0 Å². The monoisotopic (exact) mass is 255 g/mol. The first-order chi connectivity index (χ1) is 8.13. The van der Waals surface area contributed by atoms with E-state index in [9.17, 15) is 4.79 Å². The summed E-state index contributed by atoms with van der Waals surface area (Å²) in [4.78, 5) is 10.7. The number of carbonyl (C=O) groups excluding carboxylic acids is 1. The number of hydrogen-bond acceptors (Lipinski definition) is 3. The highest BCUT2D eigenvalue weighted by molar-refractivity contribution is 6.30. The first-order valence-corrected chi connectivity index (χ1v) is 6.04. The molecule has 0 spiro atoms. The molecule has 0 fully saturated rings. The third-order valence-corrected chi connectivity index (χ3v) is 2.70. The number of carbonyl (C=O) groups is 1. The number of halogens is 1. The number of benzene rings is 1. The average Bonchev–Trinajstić information content (AvgIpc) is 2.28. The van der Waals surface area contributed by atoms with E-state index in [4.69, 9.17) is 16.3 Å². The van der Waals surface area contributed by atoms with Gasteiger partial charge in [0.15, 0.2) is 0 Å². The van der Waals surface area contributed by atoms with Gasteiger partial charge in [0.2, 0.25) is 0 Å². The van der Waals surface area contributed by atoms with E-state index in [1.165, 1.54) is 0 Å². The standard InChI is InChI=1S/C13H18ClNO2/c1-10(16)5-7-15-8-6-11-9-12(14)3-4-13(11)17-2/h3-4,9,15H,5-8H2,1-2H3. The molecule has 1 N–H and O–H groups in total. The van der Waals surface area contributed by atoms with Crippen molar-refractivity contribution in [2.45, 2.75) is 19.8 Å². The fourth-order valence-electron chi connectivity index (χ4n) is 1.56. The average molecular weight is 256 g/mol. The van der Waals surface area contributed by atoms with Gasteiger partial charge >= 0.3 is 0 Å². The zero-order valence-electron chi connectivity index (χ0n) is 10.3. The third-order valence-electron chi connectivity index (χ3n) is 2.47. The van der Waals surface area contributed by atoms with Gasteiger partial charge in [-0.1, -0.05) is 11.6 Å². The van der Waals surface area contributed by atoms with Crippen molar-refractivity contribution in [1.29, 1.82) is 0 Å². The minimum absolute atomic E-state index is 0.206. The molecule has 0 atom stereocenters. The molecule has 0 unspecified atom stereocenters. The minimum Gasteiger partial charge on any atom is -0.496 e. The van der Waals surface area contributed by atoms with Crippen molar-refractivity contribution in [1.82, 2.24) is 5.32 Å². The lowest BCUT2D eigenvalue weighted by Crippen LogP contribution is -2.20. The Morgan fingerprint density at radius 3 is 2.82 bits per heavy atom. The van der Waals surface area contributed by atoms with Gasteiger partial charge in [0.25, 0.3) is 0 Å². The molecule has 3 nitrogen and oxygen atoms in total. The summed E-state index contributed by atoms with van der Waals surface area (Å²) in [6.45, 7) is 3.13. The summed E-state index contributed by atoms with van der Waals surface area (Å²) in [5.74, 6) is 1.06. The Morgan fingerprint density at radius 1 is 1.41 bits per heavy atom. The van der Waals surface area contributed by atoms with Crippen LogP contribution in [0, 0.1) is 0 Å². The molecule has 0 saturated heterocycles. The van der Waals surface area contributed by atoms with Crippen LogP contribution in [-0.4, -0.2) is 26.0 Å². The maximum absolute atomic E-state index is 10.7. The van der Waals surface area contributed by atoms with Crippen LogP contribution < -0.4 is 10.1 Å². The molecule has 0 amide bonds. The first kappa shape index (κ1) is 14.0. The molecule has 0 aromatic heterocycles. The predicted molar refractivity (Wildman–Crippen MR) is 69.9 cm³/mol. The van der Waals surface area contributed by atoms with E-state index in [0.717, 1.165) is 30.8 Å². The Bertz CT molecular complexity index is 380. The lowest BCUT2D eigenvalue weighted by atomic mass is 10.1. The summed E-state index contributed by atoms with van der Waals surface area (Å²) in [6.07, 6.45) is 1.41. The van der Waals surface area contributed by atoms with Gasteiger partial charge in [-0.3, -0.25) is 4.79 Å². The van der Waals surface area contributed by atoms with Crippen LogP contribution in [0.5, 0.6) is 5.75 Å². The molecule has 4 heteroatoms. The number of methoxy groups -OCH3 is 1. The van der Waals surface area contributed by atoms with Gasteiger partial charge in [-0.15, -0.1) is 0 Å². The van der Waals surface area contributed by atoms with E-state index in [0.29, 0.717) is 11.4 Å². The lowest BCUT2D eigenvalue weighted by Gasteiger charge is -2.09. The SMILES string of the molecule is COc1ccc(Cl)cc1CCNCCC(C)=O. The van der Waals surface area contributed by atoms with Crippen LogP contribution in [-0.2, 0) is 11.2 Å². The Hall–Kier alpha value is -1.06. The van der Waals surface area contributed by atoms with Gasteiger partial charge in [-0.05, 0) is 43.7 Å². The topological polar surface area (TPSA) is 38.3 Å². The first-order valence-electron chi connectivity index (χ1n) is 5.66. The Morgan fingerprint density at radius 2 is 2.18 bits per heavy atom. The van der Waals surface area contributed by atoms with Crippen LogP contribution >= 0.6 is 11.6 Å². The van der Waals surface area contributed by atoms with Crippen LogP contribution in [0.15, 0.2) is 18.2 Å². The summed E-state index contributed by atoms with van der Waals surface area (Å²) in [6, 6.07) is 5.59. The van der Waals surface area contributed by atoms with E-state index < -0.39 is 0 Å². The smallest absolute Gasteiger partial charge is 0.131 e. The molecule has 1 aromatic carbocycles. The second-order valence-electron chi connectivity index (χ2n) is 3.91. The molecule has 0 saturated carbocycles. The predicted octanol–water partition coefficient (Wildman–Crippen LogP) is 2.46. The zero-order valence-corrected chi connectivity index (χ0v) is 11.0.